The maximum Gasteiger partial charge on any atom is 0.407 e. The van der Waals surface area contributed by atoms with Gasteiger partial charge < -0.3 is 20.5 Å². The zero-order valence-corrected chi connectivity index (χ0v) is 14.4. The quantitative estimate of drug-likeness (QED) is 0.654. The summed E-state index contributed by atoms with van der Waals surface area (Å²) in [5.74, 6) is -2.46. The van der Waals surface area contributed by atoms with Crippen molar-refractivity contribution in [3.05, 3.63) is 71.5 Å². The average molecular weight is 374 g/mol. The molecule has 0 radical (unpaired) electrons. The second kappa shape index (κ2) is 9.91. The van der Waals surface area contributed by atoms with Crippen LogP contribution in [0.3, 0.4) is 0 Å². The number of rotatable bonds is 8. The second-order valence-corrected chi connectivity index (χ2v) is 5.71. The number of amides is 2. The van der Waals surface area contributed by atoms with Crippen molar-refractivity contribution < 1.29 is 28.6 Å². The van der Waals surface area contributed by atoms with Gasteiger partial charge in [-0.15, -0.1) is 0 Å². The Balaban J connectivity index is 1.78. The standard InChI is InChI=1S/C19H19FN2O5/c20-15-8-4-7-14(9-15)10-16(18(24)25)22-17(23)11-21-19(26)27-12-13-5-2-1-3-6-13/h1-9,16H,10-12H2,(H,21,26)(H,22,23)(H,24,25)/t16-/m1/s1. The van der Waals surface area contributed by atoms with Gasteiger partial charge in [0.05, 0.1) is 0 Å². The maximum absolute atomic E-state index is 13.2. The Morgan fingerprint density at radius 3 is 2.41 bits per heavy atom. The van der Waals surface area contributed by atoms with E-state index in [9.17, 15) is 23.9 Å². The molecule has 142 valence electrons. The second-order valence-electron chi connectivity index (χ2n) is 5.71. The zero-order valence-electron chi connectivity index (χ0n) is 14.4. The first kappa shape index (κ1) is 19.9. The van der Waals surface area contributed by atoms with Gasteiger partial charge in [-0.3, -0.25) is 4.79 Å². The van der Waals surface area contributed by atoms with Gasteiger partial charge in [0.1, 0.15) is 25.0 Å². The lowest BCUT2D eigenvalue weighted by Crippen LogP contribution is -2.46. The number of hydrogen-bond acceptors (Lipinski definition) is 4. The molecule has 0 aliphatic rings. The van der Waals surface area contributed by atoms with Gasteiger partial charge in [-0.2, -0.15) is 0 Å². The van der Waals surface area contributed by atoms with Crippen LogP contribution in [0, 0.1) is 5.82 Å². The maximum atomic E-state index is 13.2. The van der Waals surface area contributed by atoms with E-state index in [1.165, 1.54) is 18.2 Å². The van der Waals surface area contributed by atoms with Crippen LogP contribution in [0.4, 0.5) is 9.18 Å². The summed E-state index contributed by atoms with van der Waals surface area (Å²) in [6.45, 7) is -0.397. The molecule has 0 unspecified atom stereocenters. The number of benzene rings is 2. The summed E-state index contributed by atoms with van der Waals surface area (Å²) < 4.78 is 18.1. The molecule has 0 bridgehead atoms. The molecule has 8 heteroatoms. The molecule has 2 aromatic rings. The van der Waals surface area contributed by atoms with Gasteiger partial charge in [0.15, 0.2) is 0 Å². The van der Waals surface area contributed by atoms with Crippen molar-refractivity contribution in [2.24, 2.45) is 0 Å². The number of carbonyl (C=O) groups is 3. The van der Waals surface area contributed by atoms with Crippen LogP contribution >= 0.6 is 0 Å². The highest BCUT2D eigenvalue weighted by Crippen LogP contribution is 2.07. The number of aliphatic carboxylic acids is 1. The summed E-state index contributed by atoms with van der Waals surface area (Å²) >= 11 is 0. The van der Waals surface area contributed by atoms with Crippen LogP contribution < -0.4 is 10.6 Å². The Bertz CT molecular complexity index is 798. The molecule has 2 amide bonds. The van der Waals surface area contributed by atoms with Crippen molar-refractivity contribution in [1.82, 2.24) is 10.6 Å². The third-order valence-corrected chi connectivity index (χ3v) is 3.57. The molecule has 2 rings (SSSR count). The van der Waals surface area contributed by atoms with Gasteiger partial charge in [0, 0.05) is 6.42 Å². The van der Waals surface area contributed by atoms with E-state index in [0.29, 0.717) is 5.56 Å². The first-order valence-electron chi connectivity index (χ1n) is 8.15. The summed E-state index contributed by atoms with van der Waals surface area (Å²) in [7, 11) is 0. The lowest BCUT2D eigenvalue weighted by atomic mass is 10.1. The Kier molecular flexibility index (Phi) is 7.30. The highest BCUT2D eigenvalue weighted by Gasteiger charge is 2.21. The van der Waals surface area contributed by atoms with Crippen molar-refractivity contribution in [3.8, 4) is 0 Å². The summed E-state index contributed by atoms with van der Waals surface area (Å²) in [5.41, 5.74) is 1.22. The summed E-state index contributed by atoms with van der Waals surface area (Å²) in [6.07, 6.45) is -0.886. The number of ether oxygens (including phenoxy) is 1. The number of halogens is 1. The number of alkyl carbamates (subject to hydrolysis) is 1. The molecule has 0 aromatic heterocycles. The number of nitrogens with one attached hydrogen (secondary N) is 2. The normalized spacial score (nSPS) is 11.3. The highest BCUT2D eigenvalue weighted by atomic mass is 19.1. The van der Waals surface area contributed by atoms with Crippen LogP contribution in [0.25, 0.3) is 0 Å². The number of carbonyl (C=O) groups excluding carboxylic acids is 2. The molecule has 0 aliphatic carbocycles. The topological polar surface area (TPSA) is 105 Å². The van der Waals surface area contributed by atoms with E-state index >= 15 is 0 Å². The molecule has 0 heterocycles. The Morgan fingerprint density at radius 1 is 1.04 bits per heavy atom. The van der Waals surface area contributed by atoms with Gasteiger partial charge in [-0.05, 0) is 23.3 Å². The SMILES string of the molecule is O=C(CNC(=O)OCc1ccccc1)N[C@H](Cc1cccc(F)c1)C(=O)O. The van der Waals surface area contributed by atoms with Gasteiger partial charge >= 0.3 is 12.1 Å². The first-order valence-corrected chi connectivity index (χ1v) is 8.15. The molecule has 2 aromatic carbocycles. The zero-order chi connectivity index (χ0) is 19.6. The predicted molar refractivity (Wildman–Crippen MR) is 94.3 cm³/mol. The predicted octanol–water partition coefficient (Wildman–Crippen LogP) is 1.86. The van der Waals surface area contributed by atoms with Crippen molar-refractivity contribution in [1.29, 1.82) is 0 Å². The Morgan fingerprint density at radius 2 is 1.74 bits per heavy atom. The molecule has 0 saturated heterocycles. The average Bonchev–Trinajstić information content (AvgIpc) is 2.65. The number of carboxylic acids is 1. The third-order valence-electron chi connectivity index (χ3n) is 3.57. The number of carboxylic acid groups (broad SMARTS) is 1. The fourth-order valence-corrected chi connectivity index (χ4v) is 2.27. The number of hydrogen-bond donors (Lipinski definition) is 3. The van der Waals surface area contributed by atoms with Gasteiger partial charge in [-0.1, -0.05) is 42.5 Å². The molecule has 0 saturated carbocycles. The lowest BCUT2D eigenvalue weighted by Gasteiger charge is -2.15. The van der Waals surface area contributed by atoms with E-state index in [1.807, 2.05) is 6.07 Å². The van der Waals surface area contributed by atoms with E-state index < -0.39 is 36.4 Å². The van der Waals surface area contributed by atoms with Crippen LogP contribution in [0.5, 0.6) is 0 Å². The Hall–Kier alpha value is -3.42. The molecule has 0 spiro atoms. The van der Waals surface area contributed by atoms with E-state index in [4.69, 9.17) is 4.74 Å². The summed E-state index contributed by atoms with van der Waals surface area (Å²) in [6, 6.07) is 13.2. The van der Waals surface area contributed by atoms with Crippen LogP contribution in [0.15, 0.2) is 54.6 Å². The van der Waals surface area contributed by atoms with Crippen LogP contribution in [-0.4, -0.2) is 35.7 Å². The molecule has 0 aliphatic heterocycles. The van der Waals surface area contributed by atoms with Crippen molar-refractivity contribution in [2.45, 2.75) is 19.1 Å². The summed E-state index contributed by atoms with van der Waals surface area (Å²) in [4.78, 5) is 34.8. The largest absolute Gasteiger partial charge is 0.480 e. The van der Waals surface area contributed by atoms with Gasteiger partial charge in [0.2, 0.25) is 5.91 Å². The van der Waals surface area contributed by atoms with E-state index in [1.54, 1.807) is 30.3 Å². The minimum Gasteiger partial charge on any atom is -0.480 e. The van der Waals surface area contributed by atoms with Crippen LogP contribution in [0.2, 0.25) is 0 Å². The minimum atomic E-state index is -1.26. The Labute approximate surface area is 155 Å². The molecule has 0 fully saturated rings. The van der Waals surface area contributed by atoms with E-state index in [0.717, 1.165) is 5.56 Å². The smallest absolute Gasteiger partial charge is 0.407 e. The van der Waals surface area contributed by atoms with Gasteiger partial charge in [0.25, 0.3) is 0 Å². The first-order chi connectivity index (χ1) is 12.9. The van der Waals surface area contributed by atoms with Crippen molar-refractivity contribution >= 4 is 18.0 Å². The molecule has 3 N–H and O–H groups in total. The molecule has 27 heavy (non-hydrogen) atoms. The highest BCUT2D eigenvalue weighted by molar-refractivity contribution is 5.86. The van der Waals surface area contributed by atoms with Crippen LogP contribution in [0.1, 0.15) is 11.1 Å². The molecule has 1 atom stereocenters. The van der Waals surface area contributed by atoms with Gasteiger partial charge in [-0.25, -0.2) is 14.0 Å². The third kappa shape index (κ3) is 7.15. The molecule has 7 nitrogen and oxygen atoms in total. The monoisotopic (exact) mass is 374 g/mol. The van der Waals surface area contributed by atoms with E-state index in [-0.39, 0.29) is 13.0 Å². The fraction of sp³-hybridized carbons (Fsp3) is 0.211. The lowest BCUT2D eigenvalue weighted by molar-refractivity contribution is -0.141. The fourth-order valence-electron chi connectivity index (χ4n) is 2.27. The van der Waals surface area contributed by atoms with E-state index in [2.05, 4.69) is 10.6 Å². The molecular weight excluding hydrogens is 355 g/mol. The van der Waals surface area contributed by atoms with Crippen LogP contribution in [-0.2, 0) is 27.4 Å². The van der Waals surface area contributed by atoms with Crippen molar-refractivity contribution in [3.63, 3.8) is 0 Å². The summed E-state index contributed by atoms with van der Waals surface area (Å²) in [5, 5.41) is 13.7. The minimum absolute atomic E-state index is 0.0472. The molecular formula is C19H19FN2O5. The van der Waals surface area contributed by atoms with Crippen molar-refractivity contribution in [2.75, 3.05) is 6.54 Å².